The zero-order valence-electron chi connectivity index (χ0n) is 15.1. The number of nitrogens with zero attached hydrogens (tertiary/aromatic N) is 1. The summed E-state index contributed by atoms with van der Waals surface area (Å²) in [5.74, 6) is 0.884. The number of ether oxygens (including phenoxy) is 2. The van der Waals surface area contributed by atoms with Gasteiger partial charge in [-0.1, -0.05) is 19.3 Å². The third-order valence-corrected chi connectivity index (χ3v) is 5.39. The predicted octanol–water partition coefficient (Wildman–Crippen LogP) is 4.12. The van der Waals surface area contributed by atoms with Crippen molar-refractivity contribution in [2.24, 2.45) is 5.92 Å². The molecular weight excluding hydrogens is 345 g/mol. The molecule has 146 valence electrons. The highest BCUT2D eigenvalue weighted by atomic mass is 19.4. The molecule has 0 amide bonds. The summed E-state index contributed by atoms with van der Waals surface area (Å²) in [6.45, 7) is 3.55. The van der Waals surface area contributed by atoms with Crippen molar-refractivity contribution in [2.75, 3.05) is 33.3 Å². The lowest BCUT2D eigenvalue weighted by atomic mass is 9.79. The van der Waals surface area contributed by atoms with Crippen LogP contribution in [-0.4, -0.2) is 44.6 Å². The molecule has 2 fully saturated rings. The van der Waals surface area contributed by atoms with Gasteiger partial charge in [0.2, 0.25) is 0 Å². The molecule has 1 N–H and O–H groups in total. The molecule has 4 nitrogen and oxygen atoms in total. The molecule has 1 aliphatic carbocycles. The quantitative estimate of drug-likeness (QED) is 0.843. The number of nitrogens with one attached hydrogen (secondary N) is 1. The monoisotopic (exact) mass is 372 g/mol. The van der Waals surface area contributed by atoms with Crippen molar-refractivity contribution in [2.45, 2.75) is 44.5 Å². The first kappa shape index (κ1) is 19.3. The molecule has 1 saturated heterocycles. The molecule has 1 saturated carbocycles. The van der Waals surface area contributed by atoms with Crippen LogP contribution in [0, 0.1) is 5.92 Å². The summed E-state index contributed by atoms with van der Waals surface area (Å²) < 4.78 is 47.8. The van der Waals surface area contributed by atoms with E-state index in [2.05, 4.69) is 15.0 Å². The van der Waals surface area contributed by atoms with E-state index >= 15 is 0 Å². The van der Waals surface area contributed by atoms with Crippen LogP contribution in [0.15, 0.2) is 18.2 Å². The van der Waals surface area contributed by atoms with Crippen LogP contribution < -0.4 is 14.8 Å². The van der Waals surface area contributed by atoms with Gasteiger partial charge in [0.05, 0.1) is 7.11 Å². The second-order valence-electron chi connectivity index (χ2n) is 7.08. The Labute approximate surface area is 152 Å². The lowest BCUT2D eigenvalue weighted by molar-refractivity contribution is -0.274. The van der Waals surface area contributed by atoms with Gasteiger partial charge in [0.25, 0.3) is 0 Å². The molecule has 0 spiro atoms. The second kappa shape index (κ2) is 8.48. The minimum Gasteiger partial charge on any atom is -0.496 e. The maximum Gasteiger partial charge on any atom is 0.573 e. The number of alkyl halides is 3. The molecule has 26 heavy (non-hydrogen) atoms. The van der Waals surface area contributed by atoms with Crippen molar-refractivity contribution in [3.05, 3.63) is 23.8 Å². The average Bonchev–Trinajstić information content (AvgIpc) is 2.63. The molecule has 0 unspecified atom stereocenters. The van der Waals surface area contributed by atoms with Crippen LogP contribution in [0.1, 0.15) is 43.7 Å². The Morgan fingerprint density at radius 3 is 2.42 bits per heavy atom. The Morgan fingerprint density at radius 2 is 1.81 bits per heavy atom. The first-order valence-electron chi connectivity index (χ1n) is 9.36. The molecule has 0 aromatic heterocycles. The number of methoxy groups -OCH3 is 1. The van der Waals surface area contributed by atoms with E-state index in [1.54, 1.807) is 13.2 Å². The highest BCUT2D eigenvalue weighted by Gasteiger charge is 2.35. The predicted molar refractivity (Wildman–Crippen MR) is 93.4 cm³/mol. The fourth-order valence-corrected chi connectivity index (χ4v) is 4.30. The normalized spacial score (nSPS) is 21.4. The van der Waals surface area contributed by atoms with Crippen molar-refractivity contribution in [1.82, 2.24) is 10.2 Å². The fourth-order valence-electron chi connectivity index (χ4n) is 4.30. The van der Waals surface area contributed by atoms with Gasteiger partial charge in [0.1, 0.15) is 11.5 Å². The Bertz CT molecular complexity index is 565. The number of halogens is 3. The van der Waals surface area contributed by atoms with Crippen LogP contribution in [0.3, 0.4) is 0 Å². The van der Waals surface area contributed by atoms with E-state index in [0.29, 0.717) is 11.7 Å². The van der Waals surface area contributed by atoms with Gasteiger partial charge in [-0.05, 0) is 37.0 Å². The van der Waals surface area contributed by atoms with Crippen LogP contribution >= 0.6 is 0 Å². The lowest BCUT2D eigenvalue weighted by Crippen LogP contribution is -2.47. The third kappa shape index (κ3) is 4.82. The molecule has 2 aliphatic rings. The summed E-state index contributed by atoms with van der Waals surface area (Å²) in [6.07, 6.45) is 1.09. The van der Waals surface area contributed by atoms with E-state index in [1.807, 2.05) is 0 Å². The molecule has 1 aromatic rings. The van der Waals surface area contributed by atoms with Crippen molar-refractivity contribution in [3.63, 3.8) is 0 Å². The summed E-state index contributed by atoms with van der Waals surface area (Å²) in [4.78, 5) is 2.39. The first-order valence-corrected chi connectivity index (χ1v) is 9.36. The standard InChI is InChI=1S/C19H27F3N2O2/c1-25-17-8-7-15(26-19(20,21)22)13-16(17)18(14-5-3-2-4-6-14)24-11-9-23-10-12-24/h7-8,13-14,18,23H,2-6,9-12H2,1H3/t18-/m1/s1. The van der Waals surface area contributed by atoms with E-state index in [9.17, 15) is 13.2 Å². The van der Waals surface area contributed by atoms with Crippen LogP contribution in [0.5, 0.6) is 11.5 Å². The molecule has 0 bridgehead atoms. The van der Waals surface area contributed by atoms with Gasteiger partial charge in [0, 0.05) is 37.8 Å². The van der Waals surface area contributed by atoms with Crippen molar-refractivity contribution in [3.8, 4) is 11.5 Å². The van der Waals surface area contributed by atoms with Crippen LogP contribution in [-0.2, 0) is 0 Å². The number of hydrogen-bond acceptors (Lipinski definition) is 4. The summed E-state index contributed by atoms with van der Waals surface area (Å²) in [5, 5.41) is 3.35. The summed E-state index contributed by atoms with van der Waals surface area (Å²) in [5.41, 5.74) is 0.808. The smallest absolute Gasteiger partial charge is 0.496 e. The highest BCUT2D eigenvalue weighted by Crippen LogP contribution is 2.43. The molecule has 1 heterocycles. The van der Waals surface area contributed by atoms with Gasteiger partial charge >= 0.3 is 6.36 Å². The molecule has 3 rings (SSSR count). The molecule has 7 heteroatoms. The van der Waals surface area contributed by atoms with Crippen LogP contribution in [0.4, 0.5) is 13.2 Å². The van der Waals surface area contributed by atoms with Gasteiger partial charge in [-0.2, -0.15) is 0 Å². The van der Waals surface area contributed by atoms with Crippen LogP contribution in [0.25, 0.3) is 0 Å². The average molecular weight is 372 g/mol. The van der Waals surface area contributed by atoms with Gasteiger partial charge in [0.15, 0.2) is 0 Å². The van der Waals surface area contributed by atoms with Crippen molar-refractivity contribution >= 4 is 0 Å². The summed E-state index contributed by atoms with van der Waals surface area (Å²) in [6, 6.07) is 4.50. The molecular formula is C19H27F3N2O2. The van der Waals surface area contributed by atoms with E-state index in [4.69, 9.17) is 4.74 Å². The zero-order valence-corrected chi connectivity index (χ0v) is 15.1. The van der Waals surface area contributed by atoms with E-state index < -0.39 is 6.36 Å². The topological polar surface area (TPSA) is 33.7 Å². The lowest BCUT2D eigenvalue weighted by Gasteiger charge is -2.41. The highest BCUT2D eigenvalue weighted by molar-refractivity contribution is 5.43. The third-order valence-electron chi connectivity index (χ3n) is 5.39. The number of hydrogen-bond donors (Lipinski definition) is 1. The number of piperazine rings is 1. The van der Waals surface area contributed by atoms with Crippen molar-refractivity contribution in [1.29, 1.82) is 0 Å². The van der Waals surface area contributed by atoms with E-state index in [1.165, 1.54) is 31.4 Å². The molecule has 0 radical (unpaired) electrons. The minimum absolute atomic E-state index is 0.0594. The zero-order chi connectivity index (χ0) is 18.6. The Balaban J connectivity index is 1.96. The maximum absolute atomic E-state index is 12.7. The maximum atomic E-state index is 12.7. The molecule has 1 aliphatic heterocycles. The van der Waals surface area contributed by atoms with Gasteiger partial charge in [-0.3, -0.25) is 4.90 Å². The summed E-state index contributed by atoms with van der Waals surface area (Å²) in [7, 11) is 1.57. The Morgan fingerprint density at radius 1 is 1.12 bits per heavy atom. The van der Waals surface area contributed by atoms with E-state index in [-0.39, 0.29) is 11.8 Å². The van der Waals surface area contributed by atoms with Crippen LogP contribution in [0.2, 0.25) is 0 Å². The fraction of sp³-hybridized carbons (Fsp3) is 0.684. The Kier molecular flexibility index (Phi) is 6.29. The second-order valence-corrected chi connectivity index (χ2v) is 7.08. The first-order chi connectivity index (χ1) is 12.5. The van der Waals surface area contributed by atoms with Gasteiger partial charge in [-0.25, -0.2) is 0 Å². The minimum atomic E-state index is -4.69. The largest absolute Gasteiger partial charge is 0.573 e. The number of rotatable bonds is 5. The molecule has 1 atom stereocenters. The molecule has 1 aromatic carbocycles. The SMILES string of the molecule is COc1ccc(OC(F)(F)F)cc1[C@@H](C1CCCCC1)N1CCNCC1. The summed E-state index contributed by atoms with van der Waals surface area (Å²) >= 11 is 0. The van der Waals surface area contributed by atoms with Gasteiger partial charge < -0.3 is 14.8 Å². The Hall–Kier alpha value is -1.47. The van der Waals surface area contributed by atoms with Crippen molar-refractivity contribution < 1.29 is 22.6 Å². The van der Waals surface area contributed by atoms with Gasteiger partial charge in [-0.15, -0.1) is 13.2 Å². The van der Waals surface area contributed by atoms with E-state index in [0.717, 1.165) is 44.6 Å². The number of benzene rings is 1.